The lowest BCUT2D eigenvalue weighted by molar-refractivity contribution is 0.0322. The molecule has 0 amide bonds. The van der Waals surface area contributed by atoms with Gasteiger partial charge in [-0.2, -0.15) is 0 Å². The average molecular weight is 378 g/mol. The van der Waals surface area contributed by atoms with E-state index in [0.717, 1.165) is 22.5 Å². The van der Waals surface area contributed by atoms with Crippen molar-refractivity contribution in [2.24, 2.45) is 0 Å². The van der Waals surface area contributed by atoms with Crippen molar-refractivity contribution >= 4 is 12.2 Å². The van der Waals surface area contributed by atoms with Gasteiger partial charge in [-0.3, -0.25) is 9.97 Å². The second-order valence-corrected chi connectivity index (χ2v) is 5.83. The zero-order chi connectivity index (χ0) is 19.6. The highest BCUT2D eigenvalue weighted by Crippen LogP contribution is 2.29. The monoisotopic (exact) mass is 378 g/mol. The largest absolute Gasteiger partial charge is 0.464 e. The summed E-state index contributed by atoms with van der Waals surface area (Å²) in [5.74, 6) is 1.18. The fourth-order valence-electron chi connectivity index (χ4n) is 2.47. The molecule has 6 heteroatoms. The van der Waals surface area contributed by atoms with Crippen LogP contribution in [0, 0.1) is 0 Å². The molecule has 0 atom stereocenters. The minimum atomic E-state index is 0.134. The Morgan fingerprint density at radius 3 is 2.14 bits per heavy atom. The molecule has 0 saturated heterocycles. The molecule has 0 fully saturated rings. The molecule has 144 valence electrons. The Bertz CT molecular complexity index is 896. The SMILES string of the molecule is COCOc1ccc(/C=C/c2ccc(-c3ccccn3)nc2)cc1OCOC. The fraction of sp³-hybridized carbons (Fsp3) is 0.182. The molecule has 0 bridgehead atoms. The van der Waals surface area contributed by atoms with E-state index in [1.807, 2.05) is 66.9 Å². The zero-order valence-electron chi connectivity index (χ0n) is 15.9. The number of aromatic nitrogens is 2. The van der Waals surface area contributed by atoms with Crippen LogP contribution in [0.3, 0.4) is 0 Å². The Hall–Kier alpha value is -3.22. The molecule has 0 N–H and O–H groups in total. The second-order valence-electron chi connectivity index (χ2n) is 5.83. The molecular formula is C22H22N2O4. The summed E-state index contributed by atoms with van der Waals surface area (Å²) in [6.07, 6.45) is 7.55. The van der Waals surface area contributed by atoms with Gasteiger partial charge in [0.15, 0.2) is 25.1 Å². The van der Waals surface area contributed by atoms with Gasteiger partial charge < -0.3 is 18.9 Å². The van der Waals surface area contributed by atoms with E-state index in [9.17, 15) is 0 Å². The van der Waals surface area contributed by atoms with E-state index in [0.29, 0.717) is 11.5 Å². The maximum absolute atomic E-state index is 5.58. The first-order valence-corrected chi connectivity index (χ1v) is 8.73. The third-order valence-electron chi connectivity index (χ3n) is 3.81. The molecule has 0 radical (unpaired) electrons. The molecule has 0 aliphatic carbocycles. The van der Waals surface area contributed by atoms with E-state index in [4.69, 9.17) is 18.9 Å². The molecule has 3 aromatic rings. The van der Waals surface area contributed by atoms with Crippen molar-refractivity contribution in [1.82, 2.24) is 9.97 Å². The standard InChI is InChI=1S/C22H22N2O4/c1-25-15-27-21-11-9-17(13-22(21)28-16-26-2)6-7-18-8-10-20(24-14-18)19-5-3-4-12-23-19/h3-14H,15-16H2,1-2H3/b7-6+. The number of methoxy groups -OCH3 is 2. The van der Waals surface area contributed by atoms with Crippen LogP contribution in [0.2, 0.25) is 0 Å². The Kier molecular flexibility index (Phi) is 7.12. The Balaban J connectivity index is 1.73. The van der Waals surface area contributed by atoms with Gasteiger partial charge in [0, 0.05) is 26.6 Å². The molecule has 0 saturated carbocycles. The van der Waals surface area contributed by atoms with Gasteiger partial charge in [-0.1, -0.05) is 30.4 Å². The number of hydrogen-bond donors (Lipinski definition) is 0. The van der Waals surface area contributed by atoms with Gasteiger partial charge in [0.1, 0.15) is 0 Å². The molecule has 0 spiro atoms. The second kappa shape index (κ2) is 10.2. The summed E-state index contributed by atoms with van der Waals surface area (Å²) in [4.78, 5) is 8.79. The summed E-state index contributed by atoms with van der Waals surface area (Å²) in [6, 6.07) is 15.4. The lowest BCUT2D eigenvalue weighted by atomic mass is 10.1. The van der Waals surface area contributed by atoms with Gasteiger partial charge in [-0.05, 0) is 41.5 Å². The number of nitrogens with zero attached hydrogens (tertiary/aromatic N) is 2. The van der Waals surface area contributed by atoms with Crippen LogP contribution in [0.15, 0.2) is 60.9 Å². The molecule has 1 aromatic carbocycles. The minimum absolute atomic E-state index is 0.134. The van der Waals surface area contributed by atoms with Crippen LogP contribution in [-0.2, 0) is 9.47 Å². The quantitative estimate of drug-likeness (QED) is 0.518. The first kappa shape index (κ1) is 19.5. The molecule has 28 heavy (non-hydrogen) atoms. The molecule has 3 rings (SSSR count). The smallest absolute Gasteiger partial charge is 0.188 e. The summed E-state index contributed by atoms with van der Waals surface area (Å²) in [7, 11) is 3.14. The highest BCUT2D eigenvalue weighted by molar-refractivity contribution is 5.71. The van der Waals surface area contributed by atoms with E-state index in [1.165, 1.54) is 0 Å². The van der Waals surface area contributed by atoms with Gasteiger partial charge in [0.2, 0.25) is 0 Å². The van der Waals surface area contributed by atoms with E-state index in [1.54, 1.807) is 20.4 Å². The summed E-state index contributed by atoms with van der Waals surface area (Å²) in [6.45, 7) is 0.280. The third kappa shape index (κ3) is 5.39. The Labute approximate surface area is 164 Å². The van der Waals surface area contributed by atoms with Gasteiger partial charge in [-0.25, -0.2) is 0 Å². The Morgan fingerprint density at radius 2 is 1.46 bits per heavy atom. The van der Waals surface area contributed by atoms with Gasteiger partial charge in [-0.15, -0.1) is 0 Å². The van der Waals surface area contributed by atoms with E-state index < -0.39 is 0 Å². The topological polar surface area (TPSA) is 62.7 Å². The van der Waals surface area contributed by atoms with Gasteiger partial charge in [0.25, 0.3) is 0 Å². The number of benzene rings is 1. The van der Waals surface area contributed by atoms with Crippen molar-refractivity contribution in [2.45, 2.75) is 0 Å². The van der Waals surface area contributed by atoms with Crippen LogP contribution in [0.1, 0.15) is 11.1 Å². The van der Waals surface area contributed by atoms with E-state index in [-0.39, 0.29) is 13.6 Å². The molecule has 0 aliphatic rings. The first-order chi connectivity index (χ1) is 13.8. The summed E-state index contributed by atoms with van der Waals surface area (Å²) >= 11 is 0. The van der Waals surface area contributed by atoms with Crippen LogP contribution in [0.5, 0.6) is 11.5 Å². The number of pyridine rings is 2. The van der Waals surface area contributed by atoms with Gasteiger partial charge in [0.05, 0.1) is 11.4 Å². The molecule has 0 unspecified atom stereocenters. The van der Waals surface area contributed by atoms with Gasteiger partial charge >= 0.3 is 0 Å². The number of rotatable bonds is 9. The lowest BCUT2D eigenvalue weighted by Gasteiger charge is -2.12. The molecule has 2 heterocycles. The normalized spacial score (nSPS) is 10.9. The maximum Gasteiger partial charge on any atom is 0.188 e. The van der Waals surface area contributed by atoms with Crippen molar-refractivity contribution in [3.05, 3.63) is 72.1 Å². The van der Waals surface area contributed by atoms with Crippen molar-refractivity contribution < 1.29 is 18.9 Å². The van der Waals surface area contributed by atoms with Crippen LogP contribution in [0.4, 0.5) is 0 Å². The van der Waals surface area contributed by atoms with E-state index >= 15 is 0 Å². The zero-order valence-corrected chi connectivity index (χ0v) is 15.9. The lowest BCUT2D eigenvalue weighted by Crippen LogP contribution is -2.04. The van der Waals surface area contributed by atoms with Crippen molar-refractivity contribution in [3.63, 3.8) is 0 Å². The molecular weight excluding hydrogens is 356 g/mol. The van der Waals surface area contributed by atoms with Crippen LogP contribution in [0.25, 0.3) is 23.5 Å². The number of ether oxygens (including phenoxy) is 4. The van der Waals surface area contributed by atoms with Crippen molar-refractivity contribution in [3.8, 4) is 22.9 Å². The summed E-state index contributed by atoms with van der Waals surface area (Å²) < 4.78 is 21.0. The molecule has 0 aliphatic heterocycles. The highest BCUT2D eigenvalue weighted by Gasteiger charge is 2.06. The molecule has 6 nitrogen and oxygen atoms in total. The van der Waals surface area contributed by atoms with Crippen molar-refractivity contribution in [2.75, 3.05) is 27.8 Å². The molecule has 2 aromatic heterocycles. The first-order valence-electron chi connectivity index (χ1n) is 8.73. The number of hydrogen-bond acceptors (Lipinski definition) is 6. The predicted molar refractivity (Wildman–Crippen MR) is 108 cm³/mol. The maximum atomic E-state index is 5.58. The van der Waals surface area contributed by atoms with E-state index in [2.05, 4.69) is 9.97 Å². The van der Waals surface area contributed by atoms with Crippen LogP contribution in [-0.4, -0.2) is 37.8 Å². The predicted octanol–water partition coefficient (Wildman–Crippen LogP) is 4.28. The van der Waals surface area contributed by atoms with Crippen LogP contribution < -0.4 is 9.47 Å². The minimum Gasteiger partial charge on any atom is -0.464 e. The highest BCUT2D eigenvalue weighted by atomic mass is 16.7. The Morgan fingerprint density at radius 1 is 0.750 bits per heavy atom. The summed E-state index contributed by atoms with van der Waals surface area (Å²) in [5.41, 5.74) is 3.64. The van der Waals surface area contributed by atoms with Crippen molar-refractivity contribution in [1.29, 1.82) is 0 Å². The van der Waals surface area contributed by atoms with Crippen LogP contribution >= 0.6 is 0 Å². The third-order valence-corrected chi connectivity index (χ3v) is 3.81. The summed E-state index contributed by atoms with van der Waals surface area (Å²) in [5, 5.41) is 0. The average Bonchev–Trinajstić information content (AvgIpc) is 2.76. The fourth-order valence-corrected chi connectivity index (χ4v) is 2.47.